The third-order valence-electron chi connectivity index (χ3n) is 5.11. The Balaban J connectivity index is 1.83. The number of carbonyl (C=O) groups excluding carboxylic acids is 1. The zero-order chi connectivity index (χ0) is 18.8. The minimum absolute atomic E-state index is 0.0168. The normalized spacial score (nSPS) is 31.7. The summed E-state index contributed by atoms with van der Waals surface area (Å²) >= 11 is 0. The molecule has 0 aromatic heterocycles. The molecule has 4 nitrogen and oxygen atoms in total. The quantitative estimate of drug-likeness (QED) is 0.785. The number of ether oxygens (including phenoxy) is 1. The van der Waals surface area contributed by atoms with E-state index in [4.69, 9.17) is 4.74 Å². The molecule has 7 heteroatoms. The van der Waals surface area contributed by atoms with Crippen molar-refractivity contribution in [2.75, 3.05) is 6.54 Å². The first kappa shape index (κ1) is 20.3. The summed E-state index contributed by atoms with van der Waals surface area (Å²) in [6.45, 7) is 8.05. The van der Waals surface area contributed by atoms with Crippen LogP contribution in [0.4, 0.5) is 18.0 Å². The zero-order valence-corrected chi connectivity index (χ0v) is 15.7. The first-order chi connectivity index (χ1) is 11.5. The molecule has 1 saturated heterocycles. The van der Waals surface area contributed by atoms with Gasteiger partial charge in [-0.05, 0) is 59.8 Å². The highest BCUT2D eigenvalue weighted by molar-refractivity contribution is 5.68. The van der Waals surface area contributed by atoms with Crippen LogP contribution in [0.5, 0.6) is 0 Å². The lowest BCUT2D eigenvalue weighted by Gasteiger charge is -2.41. The minimum atomic E-state index is -4.09. The van der Waals surface area contributed by atoms with Gasteiger partial charge >= 0.3 is 12.3 Å². The smallest absolute Gasteiger partial charge is 0.410 e. The van der Waals surface area contributed by atoms with Gasteiger partial charge in [0.1, 0.15) is 5.60 Å². The molecule has 0 aromatic carbocycles. The van der Waals surface area contributed by atoms with Gasteiger partial charge in [0, 0.05) is 24.7 Å². The van der Waals surface area contributed by atoms with Crippen LogP contribution in [-0.4, -0.2) is 47.4 Å². The third-order valence-corrected chi connectivity index (χ3v) is 5.11. The van der Waals surface area contributed by atoms with Crippen molar-refractivity contribution in [1.29, 1.82) is 0 Å². The molecule has 1 saturated carbocycles. The molecule has 2 rings (SSSR count). The molecule has 2 fully saturated rings. The molecule has 0 bridgehead atoms. The van der Waals surface area contributed by atoms with Gasteiger partial charge in [0.25, 0.3) is 0 Å². The molecule has 0 radical (unpaired) electrons. The number of rotatable bonds is 2. The Hall–Kier alpha value is -0.980. The number of piperidine rings is 1. The molecule has 1 aliphatic heterocycles. The fourth-order valence-corrected chi connectivity index (χ4v) is 3.89. The van der Waals surface area contributed by atoms with Crippen molar-refractivity contribution < 1.29 is 22.7 Å². The van der Waals surface area contributed by atoms with Crippen molar-refractivity contribution in [2.45, 2.75) is 96.1 Å². The standard InChI is InChI=1S/C18H31F3N2O2/c1-12-10-15(8-9-23(12)16(24)25-17(2,3)4)22-14-7-5-6-13(11-14)18(19,20)21/h12-15,22H,5-11H2,1-4H3. The summed E-state index contributed by atoms with van der Waals surface area (Å²) in [5.74, 6) is -1.18. The number of alkyl halides is 3. The van der Waals surface area contributed by atoms with Crippen LogP contribution < -0.4 is 5.32 Å². The molecule has 4 atom stereocenters. The van der Waals surface area contributed by atoms with E-state index in [1.54, 1.807) is 4.90 Å². The summed E-state index contributed by atoms with van der Waals surface area (Å²) in [5.41, 5.74) is -0.527. The number of halogens is 3. The second kappa shape index (κ2) is 7.72. The SMILES string of the molecule is CC1CC(NC2CCCC(C(F)(F)F)C2)CCN1C(=O)OC(C)(C)C. The average molecular weight is 364 g/mol. The van der Waals surface area contributed by atoms with Crippen molar-refractivity contribution in [3.8, 4) is 0 Å². The molecule has 1 amide bonds. The molecule has 1 aliphatic carbocycles. The van der Waals surface area contributed by atoms with Gasteiger partial charge in [0.15, 0.2) is 0 Å². The van der Waals surface area contributed by atoms with Gasteiger partial charge in [-0.15, -0.1) is 0 Å². The van der Waals surface area contributed by atoms with Crippen molar-refractivity contribution in [3.05, 3.63) is 0 Å². The van der Waals surface area contributed by atoms with Crippen LogP contribution in [0, 0.1) is 5.92 Å². The van der Waals surface area contributed by atoms with Crippen LogP contribution >= 0.6 is 0 Å². The number of nitrogens with zero attached hydrogens (tertiary/aromatic N) is 1. The fourth-order valence-electron chi connectivity index (χ4n) is 3.89. The van der Waals surface area contributed by atoms with E-state index in [-0.39, 0.29) is 37.1 Å². The van der Waals surface area contributed by atoms with E-state index >= 15 is 0 Å². The molecular weight excluding hydrogens is 333 g/mol. The highest BCUT2D eigenvalue weighted by Crippen LogP contribution is 2.38. The van der Waals surface area contributed by atoms with Gasteiger partial charge in [-0.2, -0.15) is 13.2 Å². The van der Waals surface area contributed by atoms with Gasteiger partial charge in [-0.1, -0.05) is 6.42 Å². The Labute approximate surface area is 148 Å². The van der Waals surface area contributed by atoms with Crippen LogP contribution in [0.1, 0.15) is 66.2 Å². The molecule has 2 aliphatic rings. The van der Waals surface area contributed by atoms with Crippen LogP contribution in [0.15, 0.2) is 0 Å². The summed E-state index contributed by atoms with van der Waals surface area (Å²) < 4.78 is 44.3. The summed E-state index contributed by atoms with van der Waals surface area (Å²) in [7, 11) is 0. The van der Waals surface area contributed by atoms with E-state index in [9.17, 15) is 18.0 Å². The lowest BCUT2D eigenvalue weighted by Crippen LogP contribution is -2.53. The Morgan fingerprint density at radius 2 is 1.72 bits per heavy atom. The molecule has 146 valence electrons. The van der Waals surface area contributed by atoms with Gasteiger partial charge < -0.3 is 15.0 Å². The average Bonchev–Trinajstić information content (AvgIpc) is 2.44. The summed E-state index contributed by atoms with van der Waals surface area (Å²) in [4.78, 5) is 14.0. The van der Waals surface area contributed by atoms with Crippen LogP contribution in [0.3, 0.4) is 0 Å². The van der Waals surface area contributed by atoms with E-state index in [0.717, 1.165) is 19.3 Å². The van der Waals surface area contributed by atoms with Crippen molar-refractivity contribution in [1.82, 2.24) is 10.2 Å². The molecule has 0 spiro atoms. The molecule has 1 N–H and O–H groups in total. The summed E-state index contributed by atoms with van der Waals surface area (Å²) in [6, 6.07) is 0.0967. The van der Waals surface area contributed by atoms with Crippen molar-refractivity contribution >= 4 is 6.09 Å². The van der Waals surface area contributed by atoms with Crippen LogP contribution in [0.2, 0.25) is 0 Å². The third kappa shape index (κ3) is 6.04. The van der Waals surface area contributed by atoms with E-state index in [1.165, 1.54) is 0 Å². The molecule has 0 aromatic rings. The fraction of sp³-hybridized carbons (Fsp3) is 0.944. The molecule has 4 unspecified atom stereocenters. The second-order valence-corrected chi connectivity index (χ2v) is 8.51. The highest BCUT2D eigenvalue weighted by atomic mass is 19.4. The zero-order valence-electron chi connectivity index (χ0n) is 15.7. The number of hydrogen-bond acceptors (Lipinski definition) is 3. The van der Waals surface area contributed by atoms with E-state index in [0.29, 0.717) is 13.0 Å². The van der Waals surface area contributed by atoms with Crippen molar-refractivity contribution in [2.24, 2.45) is 5.92 Å². The Morgan fingerprint density at radius 1 is 1.08 bits per heavy atom. The maximum atomic E-state index is 12.9. The van der Waals surface area contributed by atoms with Gasteiger partial charge in [0.2, 0.25) is 0 Å². The van der Waals surface area contributed by atoms with Crippen LogP contribution in [-0.2, 0) is 4.74 Å². The predicted octanol–water partition coefficient (Wildman–Crippen LogP) is 4.49. The first-order valence-electron chi connectivity index (χ1n) is 9.28. The monoisotopic (exact) mass is 364 g/mol. The van der Waals surface area contributed by atoms with E-state index in [2.05, 4.69) is 5.32 Å². The van der Waals surface area contributed by atoms with E-state index in [1.807, 2.05) is 27.7 Å². The topological polar surface area (TPSA) is 41.6 Å². The Kier molecular flexibility index (Phi) is 6.28. The summed E-state index contributed by atoms with van der Waals surface area (Å²) in [6.07, 6.45) is -1.08. The highest BCUT2D eigenvalue weighted by Gasteiger charge is 2.42. The largest absolute Gasteiger partial charge is 0.444 e. The number of amides is 1. The number of carbonyl (C=O) groups is 1. The lowest BCUT2D eigenvalue weighted by atomic mass is 9.84. The van der Waals surface area contributed by atoms with Crippen LogP contribution in [0.25, 0.3) is 0 Å². The predicted molar refractivity (Wildman–Crippen MR) is 90.4 cm³/mol. The second-order valence-electron chi connectivity index (χ2n) is 8.51. The molecule has 1 heterocycles. The Morgan fingerprint density at radius 3 is 2.28 bits per heavy atom. The minimum Gasteiger partial charge on any atom is -0.444 e. The maximum absolute atomic E-state index is 12.9. The van der Waals surface area contributed by atoms with E-state index < -0.39 is 17.7 Å². The molecule has 25 heavy (non-hydrogen) atoms. The number of nitrogens with one attached hydrogen (secondary N) is 1. The summed E-state index contributed by atoms with van der Waals surface area (Å²) in [5, 5.41) is 3.42. The number of likely N-dealkylation sites (tertiary alicyclic amines) is 1. The lowest BCUT2D eigenvalue weighted by molar-refractivity contribution is -0.184. The number of hydrogen-bond donors (Lipinski definition) is 1. The first-order valence-corrected chi connectivity index (χ1v) is 9.28. The van der Waals surface area contributed by atoms with Crippen molar-refractivity contribution in [3.63, 3.8) is 0 Å². The van der Waals surface area contributed by atoms with Gasteiger partial charge in [-0.25, -0.2) is 4.79 Å². The Bertz CT molecular complexity index is 462. The van der Waals surface area contributed by atoms with Gasteiger partial charge in [0.05, 0.1) is 5.92 Å². The molecular formula is C18H31F3N2O2. The van der Waals surface area contributed by atoms with Gasteiger partial charge in [-0.3, -0.25) is 0 Å². The maximum Gasteiger partial charge on any atom is 0.410 e.